The Morgan fingerprint density at radius 3 is 2.25 bits per heavy atom. The van der Waals surface area contributed by atoms with Gasteiger partial charge in [-0.15, -0.1) is 0 Å². The Morgan fingerprint density at radius 2 is 1.54 bits per heavy atom. The number of ether oxygens (including phenoxy) is 6. The van der Waals surface area contributed by atoms with Crippen LogP contribution in [0.3, 0.4) is 0 Å². The Kier molecular flexibility index (Phi) is 6.06. The Morgan fingerprint density at radius 1 is 0.786 bits per heavy atom. The van der Waals surface area contributed by atoms with Crippen molar-refractivity contribution in [3.8, 4) is 0 Å². The van der Waals surface area contributed by atoms with Gasteiger partial charge in [-0.3, -0.25) is 0 Å². The second-order valence-electron chi connectivity index (χ2n) is 8.24. The highest BCUT2D eigenvalue weighted by atomic mass is 16.7. The van der Waals surface area contributed by atoms with Gasteiger partial charge in [0.05, 0.1) is 31.0 Å². The lowest BCUT2D eigenvalue weighted by Gasteiger charge is -2.45. The van der Waals surface area contributed by atoms with Crippen LogP contribution in [0.4, 0.5) is 0 Å². The zero-order chi connectivity index (χ0) is 19.8. The maximum absolute atomic E-state index is 6.37. The predicted molar refractivity (Wildman–Crippen MR) is 103 cm³/mol. The van der Waals surface area contributed by atoms with E-state index in [1.165, 1.54) is 0 Å². The summed E-state index contributed by atoms with van der Waals surface area (Å²) in [7, 11) is 1.69. The molecule has 4 rings (SSSR count). The summed E-state index contributed by atoms with van der Waals surface area (Å²) in [6, 6.07) is 10.2. The molecule has 0 radical (unpaired) electrons. The number of hydrogen-bond acceptors (Lipinski definition) is 6. The van der Waals surface area contributed by atoms with Gasteiger partial charge >= 0.3 is 0 Å². The quantitative estimate of drug-likeness (QED) is 0.694. The van der Waals surface area contributed by atoms with Crippen LogP contribution in [0.25, 0.3) is 0 Å². The van der Waals surface area contributed by atoms with E-state index in [2.05, 4.69) is 26.0 Å². The minimum atomic E-state index is -0.522. The Labute approximate surface area is 167 Å². The summed E-state index contributed by atoms with van der Waals surface area (Å²) in [6.45, 7) is 8.80. The van der Waals surface area contributed by atoms with Crippen molar-refractivity contribution in [3.63, 3.8) is 0 Å². The highest BCUT2D eigenvalue weighted by molar-refractivity contribution is 5.13. The molecule has 3 aliphatic rings. The van der Waals surface area contributed by atoms with Gasteiger partial charge in [-0.25, -0.2) is 0 Å². The molecule has 0 spiro atoms. The first-order chi connectivity index (χ1) is 13.5. The molecule has 0 unspecified atom stereocenters. The lowest BCUT2D eigenvalue weighted by atomic mass is 9.91. The van der Waals surface area contributed by atoms with Crippen molar-refractivity contribution in [3.05, 3.63) is 35.9 Å². The zero-order valence-corrected chi connectivity index (χ0v) is 17.3. The standard InChI is InChI=1S/C22H32O6/c1-12-13(2)26-22(28-19-15(4)25-14(3)18-20(19)27-18)21(23-5)17(12)24-11-16-9-7-6-8-10-16/h6-10,12-15,17-22H,11H2,1-5H3/t12-,13-,14-,15-,17+,18+,19-,20+,21-,22+/m1/s1. The third-order valence-corrected chi connectivity index (χ3v) is 6.29. The summed E-state index contributed by atoms with van der Waals surface area (Å²) in [5, 5.41) is 0. The molecule has 3 aliphatic heterocycles. The van der Waals surface area contributed by atoms with Gasteiger partial charge in [-0.05, 0) is 26.3 Å². The molecule has 1 aromatic carbocycles. The zero-order valence-electron chi connectivity index (χ0n) is 17.3. The minimum Gasteiger partial charge on any atom is -0.373 e. The molecule has 0 saturated carbocycles. The fraction of sp³-hybridized carbons (Fsp3) is 0.727. The van der Waals surface area contributed by atoms with Gasteiger partial charge in [0, 0.05) is 13.0 Å². The molecule has 0 N–H and O–H groups in total. The Bertz CT molecular complexity index is 637. The number of methoxy groups -OCH3 is 1. The van der Waals surface area contributed by atoms with Crippen LogP contribution in [0, 0.1) is 5.92 Å². The Hall–Kier alpha value is -1.02. The molecular formula is C22H32O6. The average Bonchev–Trinajstić information content (AvgIpc) is 3.48. The molecule has 3 fully saturated rings. The van der Waals surface area contributed by atoms with Crippen LogP contribution in [-0.2, 0) is 35.0 Å². The van der Waals surface area contributed by atoms with Crippen LogP contribution in [0.5, 0.6) is 0 Å². The molecule has 156 valence electrons. The summed E-state index contributed by atoms with van der Waals surface area (Å²) < 4.78 is 36.4. The summed E-state index contributed by atoms with van der Waals surface area (Å²) in [6.07, 6.45) is -0.917. The number of benzene rings is 1. The van der Waals surface area contributed by atoms with Crippen LogP contribution in [0.15, 0.2) is 30.3 Å². The van der Waals surface area contributed by atoms with E-state index in [1.54, 1.807) is 7.11 Å². The second kappa shape index (κ2) is 8.38. The normalized spacial score (nSPS) is 45.5. The maximum Gasteiger partial charge on any atom is 0.187 e. The van der Waals surface area contributed by atoms with Crippen molar-refractivity contribution in [2.24, 2.45) is 5.92 Å². The van der Waals surface area contributed by atoms with Crippen LogP contribution in [0.2, 0.25) is 0 Å². The van der Waals surface area contributed by atoms with Crippen molar-refractivity contribution in [1.29, 1.82) is 0 Å². The first-order valence-electron chi connectivity index (χ1n) is 10.3. The van der Waals surface area contributed by atoms with E-state index in [-0.39, 0.29) is 54.7 Å². The highest BCUT2D eigenvalue weighted by Gasteiger charge is 2.57. The number of fused-ring (bicyclic) bond motifs is 1. The van der Waals surface area contributed by atoms with Gasteiger partial charge in [-0.1, -0.05) is 37.3 Å². The van der Waals surface area contributed by atoms with Crippen LogP contribution in [-0.4, -0.2) is 62.2 Å². The highest BCUT2D eigenvalue weighted by Crippen LogP contribution is 2.41. The van der Waals surface area contributed by atoms with E-state index < -0.39 is 6.29 Å². The van der Waals surface area contributed by atoms with E-state index in [9.17, 15) is 0 Å². The van der Waals surface area contributed by atoms with Crippen LogP contribution < -0.4 is 0 Å². The van der Waals surface area contributed by atoms with Crippen molar-refractivity contribution < 1.29 is 28.4 Å². The number of hydrogen-bond donors (Lipinski definition) is 0. The third kappa shape index (κ3) is 3.99. The van der Waals surface area contributed by atoms with Crippen LogP contribution in [0.1, 0.15) is 33.3 Å². The van der Waals surface area contributed by atoms with Crippen molar-refractivity contribution in [1.82, 2.24) is 0 Å². The molecule has 3 saturated heterocycles. The van der Waals surface area contributed by atoms with Gasteiger partial charge < -0.3 is 28.4 Å². The molecule has 6 nitrogen and oxygen atoms in total. The van der Waals surface area contributed by atoms with E-state index in [1.807, 2.05) is 32.0 Å². The lowest BCUT2D eigenvalue weighted by molar-refractivity contribution is -0.315. The third-order valence-electron chi connectivity index (χ3n) is 6.29. The van der Waals surface area contributed by atoms with E-state index >= 15 is 0 Å². The van der Waals surface area contributed by atoms with E-state index in [0.717, 1.165) is 5.56 Å². The SMILES string of the molecule is CO[C@H]1[C@H](O[C@H]2[C@H]3O[C@H]3[C@@H](C)O[C@@H]2C)O[C@H](C)[C@@H](C)[C@@H]1OCc1ccccc1. The summed E-state index contributed by atoms with van der Waals surface area (Å²) in [5.41, 5.74) is 1.14. The predicted octanol–water partition coefficient (Wildman–Crippen LogP) is 2.93. The maximum atomic E-state index is 6.37. The summed E-state index contributed by atoms with van der Waals surface area (Å²) >= 11 is 0. The fourth-order valence-electron chi connectivity index (χ4n) is 4.38. The topological polar surface area (TPSA) is 58.7 Å². The van der Waals surface area contributed by atoms with Crippen molar-refractivity contribution in [2.45, 2.75) is 89.4 Å². The van der Waals surface area contributed by atoms with Gasteiger partial charge in [-0.2, -0.15) is 0 Å². The van der Waals surface area contributed by atoms with Gasteiger partial charge in [0.2, 0.25) is 0 Å². The largest absolute Gasteiger partial charge is 0.373 e. The molecule has 0 amide bonds. The monoisotopic (exact) mass is 392 g/mol. The second-order valence-corrected chi connectivity index (χ2v) is 8.24. The smallest absolute Gasteiger partial charge is 0.187 e. The molecule has 1 aromatic rings. The van der Waals surface area contributed by atoms with Gasteiger partial charge in [0.25, 0.3) is 0 Å². The van der Waals surface area contributed by atoms with Gasteiger partial charge in [0.15, 0.2) is 6.29 Å². The summed E-state index contributed by atoms with van der Waals surface area (Å²) in [5.74, 6) is 0.179. The minimum absolute atomic E-state index is 0.00756. The first kappa shape index (κ1) is 20.3. The molecule has 3 heterocycles. The van der Waals surface area contributed by atoms with Gasteiger partial charge in [0.1, 0.15) is 24.4 Å². The first-order valence-corrected chi connectivity index (χ1v) is 10.3. The average molecular weight is 392 g/mol. The molecule has 28 heavy (non-hydrogen) atoms. The molecule has 6 heteroatoms. The lowest BCUT2D eigenvalue weighted by Crippen LogP contribution is -2.58. The molecule has 0 bridgehead atoms. The molecular weight excluding hydrogens is 360 g/mol. The molecule has 0 aromatic heterocycles. The van der Waals surface area contributed by atoms with Crippen molar-refractivity contribution >= 4 is 0 Å². The summed E-state index contributed by atoms with van der Waals surface area (Å²) in [4.78, 5) is 0. The Balaban J connectivity index is 1.45. The fourth-order valence-corrected chi connectivity index (χ4v) is 4.38. The van der Waals surface area contributed by atoms with E-state index in [0.29, 0.717) is 6.61 Å². The number of rotatable bonds is 6. The number of epoxide rings is 1. The molecule has 0 aliphatic carbocycles. The van der Waals surface area contributed by atoms with Crippen LogP contribution >= 0.6 is 0 Å². The molecule has 10 atom stereocenters. The van der Waals surface area contributed by atoms with Crippen molar-refractivity contribution in [2.75, 3.05) is 7.11 Å². The van der Waals surface area contributed by atoms with E-state index in [4.69, 9.17) is 28.4 Å².